The lowest BCUT2D eigenvalue weighted by Gasteiger charge is -2.16. The topological polar surface area (TPSA) is 81.4 Å². The second-order valence-corrected chi connectivity index (χ2v) is 5.49. The fourth-order valence-electron chi connectivity index (χ4n) is 1.83. The largest absolute Gasteiger partial charge is 0.447 e. The molecule has 2 rings (SSSR count). The number of rotatable bonds is 4. The standard InChI is InChI=1S/C15H12ClF3N2O4/c1-7-5-12(25-21-7)14(23)24-8(2)13(22)20-11-4-3-9(16)6-10(11)15(17,18)19/h3-6,8H,1-2H3,(H,20,22). The van der Waals surface area contributed by atoms with Gasteiger partial charge < -0.3 is 14.6 Å². The fraction of sp³-hybridized carbons (Fsp3) is 0.267. The number of amides is 1. The van der Waals surface area contributed by atoms with E-state index in [4.69, 9.17) is 16.3 Å². The van der Waals surface area contributed by atoms with Gasteiger partial charge in [0.2, 0.25) is 5.76 Å². The van der Waals surface area contributed by atoms with Crippen LogP contribution in [0.4, 0.5) is 18.9 Å². The molecule has 1 unspecified atom stereocenters. The predicted molar refractivity (Wildman–Crippen MR) is 81.2 cm³/mol. The van der Waals surface area contributed by atoms with Crippen LogP contribution in [-0.4, -0.2) is 23.1 Å². The fourth-order valence-corrected chi connectivity index (χ4v) is 2.00. The molecule has 134 valence electrons. The van der Waals surface area contributed by atoms with E-state index in [0.29, 0.717) is 11.8 Å². The van der Waals surface area contributed by atoms with Gasteiger partial charge in [-0.3, -0.25) is 4.79 Å². The molecule has 0 saturated carbocycles. The number of esters is 1. The average molecular weight is 377 g/mol. The number of nitrogens with one attached hydrogen (secondary N) is 1. The summed E-state index contributed by atoms with van der Waals surface area (Å²) in [6.45, 7) is 2.79. The molecule has 10 heteroatoms. The zero-order chi connectivity index (χ0) is 18.8. The van der Waals surface area contributed by atoms with Crippen molar-refractivity contribution in [1.29, 1.82) is 0 Å². The van der Waals surface area contributed by atoms with Crippen LogP contribution >= 0.6 is 11.6 Å². The molecule has 25 heavy (non-hydrogen) atoms. The van der Waals surface area contributed by atoms with Crippen molar-refractivity contribution in [2.45, 2.75) is 26.1 Å². The number of nitrogens with zero attached hydrogens (tertiary/aromatic N) is 1. The summed E-state index contributed by atoms with van der Waals surface area (Å²) >= 11 is 5.56. The molecular formula is C15H12ClF3N2O4. The van der Waals surface area contributed by atoms with Crippen molar-refractivity contribution in [2.75, 3.05) is 5.32 Å². The summed E-state index contributed by atoms with van der Waals surface area (Å²) in [7, 11) is 0. The molecule has 1 amide bonds. The third kappa shape index (κ3) is 4.72. The van der Waals surface area contributed by atoms with E-state index in [1.165, 1.54) is 19.1 Å². The van der Waals surface area contributed by atoms with Gasteiger partial charge in [-0.15, -0.1) is 0 Å². The second-order valence-electron chi connectivity index (χ2n) is 5.06. The van der Waals surface area contributed by atoms with Crippen molar-refractivity contribution in [1.82, 2.24) is 5.16 Å². The Balaban J connectivity index is 2.10. The number of aromatic nitrogens is 1. The molecule has 0 saturated heterocycles. The highest BCUT2D eigenvalue weighted by atomic mass is 35.5. The van der Waals surface area contributed by atoms with Gasteiger partial charge in [-0.1, -0.05) is 16.8 Å². The molecule has 6 nitrogen and oxygen atoms in total. The highest BCUT2D eigenvalue weighted by Crippen LogP contribution is 2.36. The van der Waals surface area contributed by atoms with Crippen LogP contribution in [0.3, 0.4) is 0 Å². The molecule has 1 aromatic heterocycles. The van der Waals surface area contributed by atoms with E-state index in [0.717, 1.165) is 6.07 Å². The van der Waals surface area contributed by atoms with Gasteiger partial charge in [-0.25, -0.2) is 4.79 Å². The predicted octanol–water partition coefficient (Wildman–Crippen LogP) is 3.84. The Labute approximate surface area is 144 Å². The summed E-state index contributed by atoms with van der Waals surface area (Å²) < 4.78 is 48.5. The molecular weight excluding hydrogens is 365 g/mol. The SMILES string of the molecule is Cc1cc(C(=O)OC(C)C(=O)Nc2ccc(Cl)cc2C(F)(F)F)on1. The van der Waals surface area contributed by atoms with Crippen LogP contribution in [0.25, 0.3) is 0 Å². The molecule has 0 aliphatic carbocycles. The highest BCUT2D eigenvalue weighted by molar-refractivity contribution is 6.30. The summed E-state index contributed by atoms with van der Waals surface area (Å²) in [5.74, 6) is -2.13. The quantitative estimate of drug-likeness (QED) is 0.820. The van der Waals surface area contributed by atoms with Crippen LogP contribution < -0.4 is 5.32 Å². The Bertz CT molecular complexity index is 804. The first-order valence-electron chi connectivity index (χ1n) is 6.90. The van der Waals surface area contributed by atoms with Crippen molar-refractivity contribution in [2.24, 2.45) is 0 Å². The Hall–Kier alpha value is -2.55. The number of carbonyl (C=O) groups is 2. The molecule has 1 N–H and O–H groups in total. The number of hydrogen-bond acceptors (Lipinski definition) is 5. The van der Waals surface area contributed by atoms with Crippen molar-refractivity contribution in [3.63, 3.8) is 0 Å². The average Bonchev–Trinajstić information content (AvgIpc) is 2.94. The summed E-state index contributed by atoms with van der Waals surface area (Å²) in [5.41, 5.74) is -1.18. The van der Waals surface area contributed by atoms with Crippen LogP contribution in [0, 0.1) is 6.92 Å². The van der Waals surface area contributed by atoms with E-state index in [1.807, 2.05) is 0 Å². The third-order valence-electron chi connectivity index (χ3n) is 3.03. The Morgan fingerprint density at radius 2 is 2.00 bits per heavy atom. The van der Waals surface area contributed by atoms with Crippen molar-refractivity contribution in [3.05, 3.63) is 46.3 Å². The number of carbonyl (C=O) groups excluding carboxylic acids is 2. The maximum absolute atomic E-state index is 13.0. The van der Waals surface area contributed by atoms with Crippen LogP contribution in [0.15, 0.2) is 28.8 Å². The maximum atomic E-state index is 13.0. The van der Waals surface area contributed by atoms with Crippen molar-refractivity contribution in [3.8, 4) is 0 Å². The minimum absolute atomic E-state index is 0.134. The second kappa shape index (κ2) is 7.14. The van der Waals surface area contributed by atoms with Crippen molar-refractivity contribution < 1.29 is 32.0 Å². The lowest BCUT2D eigenvalue weighted by molar-refractivity contribution is -0.137. The molecule has 1 heterocycles. The van der Waals surface area contributed by atoms with E-state index in [1.54, 1.807) is 6.92 Å². The van der Waals surface area contributed by atoms with E-state index in [2.05, 4.69) is 15.0 Å². The first-order chi connectivity index (χ1) is 11.6. The van der Waals surface area contributed by atoms with E-state index < -0.39 is 35.4 Å². The molecule has 0 aliphatic heterocycles. The van der Waals surface area contributed by atoms with Gasteiger partial charge in [0.25, 0.3) is 5.91 Å². The van der Waals surface area contributed by atoms with E-state index in [-0.39, 0.29) is 10.8 Å². The normalized spacial score (nSPS) is 12.6. The van der Waals surface area contributed by atoms with E-state index >= 15 is 0 Å². The molecule has 0 bridgehead atoms. The molecule has 1 atom stereocenters. The molecule has 0 radical (unpaired) electrons. The number of halogens is 4. The summed E-state index contributed by atoms with van der Waals surface area (Å²) in [6.07, 6.45) is -6.08. The minimum Gasteiger partial charge on any atom is -0.447 e. The van der Waals surface area contributed by atoms with Crippen LogP contribution in [0.1, 0.15) is 28.7 Å². The molecule has 1 aromatic carbocycles. The van der Waals surface area contributed by atoms with Gasteiger partial charge in [0.15, 0.2) is 6.10 Å². The van der Waals surface area contributed by atoms with E-state index in [9.17, 15) is 22.8 Å². The van der Waals surface area contributed by atoms with Crippen LogP contribution in [-0.2, 0) is 15.7 Å². The Kier molecular flexibility index (Phi) is 5.36. The van der Waals surface area contributed by atoms with Gasteiger partial charge in [-0.05, 0) is 32.0 Å². The van der Waals surface area contributed by atoms with Crippen molar-refractivity contribution >= 4 is 29.2 Å². The lowest BCUT2D eigenvalue weighted by Crippen LogP contribution is -2.30. The summed E-state index contributed by atoms with van der Waals surface area (Å²) in [4.78, 5) is 23.8. The van der Waals surface area contributed by atoms with Gasteiger partial charge in [0, 0.05) is 11.1 Å². The summed E-state index contributed by atoms with van der Waals surface area (Å²) in [5, 5.41) is 5.42. The number of aryl methyl sites for hydroxylation is 1. The monoisotopic (exact) mass is 376 g/mol. The van der Waals surface area contributed by atoms with Gasteiger partial charge in [0.1, 0.15) is 0 Å². The molecule has 2 aromatic rings. The number of ether oxygens (including phenoxy) is 1. The van der Waals surface area contributed by atoms with Gasteiger partial charge >= 0.3 is 12.1 Å². The number of benzene rings is 1. The highest BCUT2D eigenvalue weighted by Gasteiger charge is 2.34. The Morgan fingerprint density at radius 1 is 1.32 bits per heavy atom. The molecule has 0 aliphatic rings. The smallest absolute Gasteiger partial charge is 0.418 e. The first-order valence-corrected chi connectivity index (χ1v) is 7.27. The van der Waals surface area contributed by atoms with Gasteiger partial charge in [0.05, 0.1) is 16.9 Å². The van der Waals surface area contributed by atoms with Crippen LogP contribution in [0.5, 0.6) is 0 Å². The Morgan fingerprint density at radius 3 is 2.56 bits per heavy atom. The molecule has 0 fully saturated rings. The number of hydrogen-bond donors (Lipinski definition) is 1. The number of anilines is 1. The van der Waals surface area contributed by atoms with Crippen LogP contribution in [0.2, 0.25) is 5.02 Å². The lowest BCUT2D eigenvalue weighted by atomic mass is 10.1. The third-order valence-corrected chi connectivity index (χ3v) is 3.26. The molecule has 0 spiro atoms. The maximum Gasteiger partial charge on any atom is 0.418 e. The zero-order valence-corrected chi connectivity index (χ0v) is 13.7. The van der Waals surface area contributed by atoms with Gasteiger partial charge in [-0.2, -0.15) is 13.2 Å². The summed E-state index contributed by atoms with van der Waals surface area (Å²) in [6, 6.07) is 4.19. The zero-order valence-electron chi connectivity index (χ0n) is 13.0. The minimum atomic E-state index is -4.72. The first kappa shape index (κ1) is 18.8. The number of alkyl halides is 3.